The molecule has 2 atom stereocenters. The molecule has 1 amide bonds. The number of hydrogen-bond acceptors (Lipinski definition) is 3. The lowest BCUT2D eigenvalue weighted by Gasteiger charge is -2.30. The minimum atomic E-state index is -0.357. The molecule has 0 unspecified atom stereocenters. The van der Waals surface area contributed by atoms with E-state index in [0.29, 0.717) is 6.04 Å². The molecule has 0 aromatic carbocycles. The van der Waals surface area contributed by atoms with Crippen molar-refractivity contribution in [2.75, 3.05) is 20.1 Å². The Morgan fingerprint density at radius 3 is 2.56 bits per heavy atom. The van der Waals surface area contributed by atoms with Crippen molar-refractivity contribution in [2.24, 2.45) is 11.7 Å². The molecular weight excluding hydrogens is 202 g/mol. The fourth-order valence-electron chi connectivity index (χ4n) is 1.96. The maximum atomic E-state index is 11.8. The lowest BCUT2D eigenvalue weighted by molar-refractivity contribution is -0.124. The summed E-state index contributed by atoms with van der Waals surface area (Å²) < 4.78 is 0. The van der Waals surface area contributed by atoms with Crippen LogP contribution in [-0.4, -0.2) is 43.0 Å². The summed E-state index contributed by atoms with van der Waals surface area (Å²) in [5.74, 6) is 0.273. The molecule has 16 heavy (non-hydrogen) atoms. The van der Waals surface area contributed by atoms with Crippen LogP contribution >= 0.6 is 0 Å². The van der Waals surface area contributed by atoms with Crippen LogP contribution in [0.5, 0.6) is 0 Å². The Labute approximate surface area is 98.6 Å². The van der Waals surface area contributed by atoms with Crippen LogP contribution in [-0.2, 0) is 4.79 Å². The second-order valence-electron chi connectivity index (χ2n) is 5.00. The number of likely N-dealkylation sites (tertiary alicyclic amines) is 1. The van der Waals surface area contributed by atoms with Gasteiger partial charge in [-0.15, -0.1) is 0 Å². The number of rotatable bonds is 4. The van der Waals surface area contributed by atoms with Crippen LogP contribution in [0.1, 0.15) is 33.1 Å². The first-order valence-corrected chi connectivity index (χ1v) is 6.29. The maximum Gasteiger partial charge on any atom is 0.237 e. The number of hydrogen-bond donors (Lipinski definition) is 2. The van der Waals surface area contributed by atoms with Gasteiger partial charge in [-0.2, -0.15) is 0 Å². The van der Waals surface area contributed by atoms with Crippen molar-refractivity contribution >= 4 is 5.91 Å². The van der Waals surface area contributed by atoms with Gasteiger partial charge in [-0.05, 0) is 38.9 Å². The molecule has 0 aliphatic carbocycles. The van der Waals surface area contributed by atoms with E-state index in [4.69, 9.17) is 5.73 Å². The Bertz CT molecular complexity index is 224. The van der Waals surface area contributed by atoms with E-state index < -0.39 is 0 Å². The monoisotopic (exact) mass is 227 g/mol. The molecule has 0 bridgehead atoms. The predicted molar refractivity (Wildman–Crippen MR) is 66.1 cm³/mol. The van der Waals surface area contributed by atoms with Gasteiger partial charge in [-0.3, -0.25) is 4.79 Å². The van der Waals surface area contributed by atoms with Crippen molar-refractivity contribution in [3.8, 4) is 0 Å². The Morgan fingerprint density at radius 1 is 1.50 bits per heavy atom. The highest BCUT2D eigenvalue weighted by Crippen LogP contribution is 2.10. The third kappa shape index (κ3) is 3.76. The quantitative estimate of drug-likeness (QED) is 0.738. The third-order valence-corrected chi connectivity index (χ3v) is 3.62. The molecule has 0 saturated carbocycles. The summed E-state index contributed by atoms with van der Waals surface area (Å²) in [6.07, 6.45) is 3.02. The predicted octanol–water partition coefficient (Wildman–Crippen LogP) is 0.570. The van der Waals surface area contributed by atoms with E-state index in [1.807, 2.05) is 6.92 Å². The number of amides is 1. The number of carbonyl (C=O) groups excluding carboxylic acids is 1. The molecule has 1 aliphatic rings. The molecule has 1 fully saturated rings. The van der Waals surface area contributed by atoms with Gasteiger partial charge in [0.15, 0.2) is 0 Å². The minimum absolute atomic E-state index is 0.0175. The molecule has 1 rings (SSSR count). The zero-order chi connectivity index (χ0) is 12.1. The van der Waals surface area contributed by atoms with E-state index in [0.717, 1.165) is 32.4 Å². The van der Waals surface area contributed by atoms with Gasteiger partial charge >= 0.3 is 0 Å². The number of nitrogens with one attached hydrogen (secondary N) is 1. The lowest BCUT2D eigenvalue weighted by Crippen LogP contribution is -2.50. The van der Waals surface area contributed by atoms with E-state index in [1.54, 1.807) is 0 Å². The minimum Gasteiger partial charge on any atom is -0.352 e. The highest BCUT2D eigenvalue weighted by atomic mass is 16.2. The van der Waals surface area contributed by atoms with E-state index in [-0.39, 0.29) is 17.9 Å². The molecule has 0 radical (unpaired) electrons. The smallest absolute Gasteiger partial charge is 0.237 e. The molecular formula is C12H25N3O. The van der Waals surface area contributed by atoms with Gasteiger partial charge in [-0.25, -0.2) is 0 Å². The summed E-state index contributed by atoms with van der Waals surface area (Å²) in [5.41, 5.74) is 5.89. The van der Waals surface area contributed by atoms with Crippen molar-refractivity contribution < 1.29 is 4.79 Å². The van der Waals surface area contributed by atoms with Crippen molar-refractivity contribution in [3.63, 3.8) is 0 Å². The van der Waals surface area contributed by atoms with E-state index in [1.165, 1.54) is 0 Å². The van der Waals surface area contributed by atoms with Crippen LogP contribution in [0.2, 0.25) is 0 Å². The summed E-state index contributed by atoms with van der Waals surface area (Å²) in [6.45, 7) is 6.21. The lowest BCUT2D eigenvalue weighted by atomic mass is 9.98. The molecule has 0 aromatic rings. The summed E-state index contributed by atoms with van der Waals surface area (Å²) >= 11 is 0. The molecule has 3 N–H and O–H groups in total. The van der Waals surface area contributed by atoms with Crippen LogP contribution in [0.15, 0.2) is 0 Å². The Morgan fingerprint density at radius 2 is 2.06 bits per heavy atom. The fourth-order valence-corrected chi connectivity index (χ4v) is 1.96. The molecule has 1 saturated heterocycles. The SMILES string of the molecule is CC[C@H](C)[C@H](N)C(=O)NC1CCN(C)CC1. The first-order valence-electron chi connectivity index (χ1n) is 6.29. The standard InChI is InChI=1S/C12H25N3O/c1-4-9(2)11(13)12(16)14-10-5-7-15(3)8-6-10/h9-11H,4-8,13H2,1-3H3,(H,14,16)/t9-,11-/m0/s1. The Hall–Kier alpha value is -0.610. The van der Waals surface area contributed by atoms with Crippen molar-refractivity contribution in [1.29, 1.82) is 0 Å². The number of nitrogens with zero attached hydrogens (tertiary/aromatic N) is 1. The van der Waals surface area contributed by atoms with Gasteiger partial charge in [0.2, 0.25) is 5.91 Å². The maximum absolute atomic E-state index is 11.8. The van der Waals surface area contributed by atoms with Gasteiger partial charge < -0.3 is 16.0 Å². The van der Waals surface area contributed by atoms with Crippen LogP contribution in [0.25, 0.3) is 0 Å². The average molecular weight is 227 g/mol. The highest BCUT2D eigenvalue weighted by molar-refractivity contribution is 5.82. The van der Waals surface area contributed by atoms with Crippen molar-refractivity contribution in [2.45, 2.75) is 45.2 Å². The summed E-state index contributed by atoms with van der Waals surface area (Å²) in [7, 11) is 2.11. The first kappa shape index (κ1) is 13.5. The summed E-state index contributed by atoms with van der Waals surface area (Å²) in [5, 5.41) is 3.06. The average Bonchev–Trinajstić information content (AvgIpc) is 2.30. The van der Waals surface area contributed by atoms with Crippen LogP contribution < -0.4 is 11.1 Å². The molecule has 1 heterocycles. The highest BCUT2D eigenvalue weighted by Gasteiger charge is 2.23. The largest absolute Gasteiger partial charge is 0.352 e. The molecule has 0 spiro atoms. The molecule has 94 valence electrons. The van der Waals surface area contributed by atoms with E-state index in [2.05, 4.69) is 24.2 Å². The molecule has 4 nitrogen and oxygen atoms in total. The van der Waals surface area contributed by atoms with Crippen LogP contribution in [0, 0.1) is 5.92 Å². The van der Waals surface area contributed by atoms with Crippen molar-refractivity contribution in [3.05, 3.63) is 0 Å². The van der Waals surface area contributed by atoms with Gasteiger partial charge in [0.1, 0.15) is 0 Å². The number of nitrogens with two attached hydrogens (primary N) is 1. The fraction of sp³-hybridized carbons (Fsp3) is 0.917. The first-order chi connectivity index (χ1) is 7.54. The van der Waals surface area contributed by atoms with E-state index in [9.17, 15) is 4.79 Å². The Balaban J connectivity index is 2.33. The number of carbonyl (C=O) groups is 1. The second kappa shape index (κ2) is 6.21. The normalized spacial score (nSPS) is 22.8. The molecule has 4 heteroatoms. The third-order valence-electron chi connectivity index (χ3n) is 3.62. The van der Waals surface area contributed by atoms with Gasteiger partial charge in [0.25, 0.3) is 0 Å². The summed E-state index contributed by atoms with van der Waals surface area (Å²) in [4.78, 5) is 14.1. The Kier molecular flexibility index (Phi) is 5.22. The zero-order valence-electron chi connectivity index (χ0n) is 10.7. The molecule has 0 aromatic heterocycles. The number of piperidine rings is 1. The zero-order valence-corrected chi connectivity index (χ0v) is 10.7. The van der Waals surface area contributed by atoms with E-state index >= 15 is 0 Å². The topological polar surface area (TPSA) is 58.4 Å². The van der Waals surface area contributed by atoms with Crippen LogP contribution in [0.3, 0.4) is 0 Å². The van der Waals surface area contributed by atoms with Gasteiger partial charge in [-0.1, -0.05) is 20.3 Å². The van der Waals surface area contributed by atoms with Gasteiger partial charge in [0, 0.05) is 6.04 Å². The van der Waals surface area contributed by atoms with Crippen molar-refractivity contribution in [1.82, 2.24) is 10.2 Å². The second-order valence-corrected chi connectivity index (χ2v) is 5.00. The molecule has 1 aliphatic heterocycles. The van der Waals surface area contributed by atoms with Crippen LogP contribution in [0.4, 0.5) is 0 Å². The summed E-state index contributed by atoms with van der Waals surface area (Å²) in [6, 6.07) is -0.0385. The van der Waals surface area contributed by atoms with Gasteiger partial charge in [0.05, 0.1) is 6.04 Å².